The Balaban J connectivity index is 1.44. The molecule has 0 aliphatic rings. The lowest BCUT2D eigenvalue weighted by atomic mass is 10.4. The summed E-state index contributed by atoms with van der Waals surface area (Å²) in [6, 6.07) is 28.6. The van der Waals surface area contributed by atoms with E-state index in [1.165, 1.54) is 23.5 Å². The van der Waals surface area contributed by atoms with Gasteiger partial charge in [0.05, 0.1) is 9.79 Å². The van der Waals surface area contributed by atoms with Gasteiger partial charge in [0.2, 0.25) is 9.84 Å². The summed E-state index contributed by atoms with van der Waals surface area (Å²) in [6.07, 6.45) is 3.29. The molecule has 0 saturated carbocycles. The first-order chi connectivity index (χ1) is 16.7. The second-order valence-corrected chi connectivity index (χ2v) is 14.5. The molecule has 2 unspecified atom stereocenters. The summed E-state index contributed by atoms with van der Waals surface area (Å²) in [5.41, 5.74) is 0. The van der Waals surface area contributed by atoms with Crippen molar-refractivity contribution in [3.8, 4) is 0 Å². The summed E-state index contributed by atoms with van der Waals surface area (Å²) in [6.45, 7) is 0. The van der Waals surface area contributed by atoms with Gasteiger partial charge in [-0.3, -0.25) is 8.42 Å². The highest BCUT2D eigenvalue weighted by atomic mass is 32.2. The van der Waals surface area contributed by atoms with Gasteiger partial charge in [0, 0.05) is 63.5 Å². The lowest BCUT2D eigenvalue weighted by Crippen LogP contribution is -2.01. The monoisotopic (exact) mass is 558 g/mol. The molecule has 0 fully saturated rings. The first-order valence-corrected chi connectivity index (χ1v) is 16.6. The smallest absolute Gasteiger partial charge is 0.206 e. The Morgan fingerprint density at radius 1 is 0.486 bits per heavy atom. The fraction of sp³-hybridized carbons (Fsp3) is 0.0769. The SMILES string of the molecule is CS(=O)c1ccc(Sc2ccc(S(=O)(=O)c3ccc(Sc4ccc(S(C)=O)cc4)cc3)cc2)cc1. The largest absolute Gasteiger partial charge is 0.255 e. The molecule has 0 spiro atoms. The van der Waals surface area contributed by atoms with E-state index >= 15 is 0 Å². The zero-order valence-corrected chi connectivity index (χ0v) is 23.0. The fourth-order valence-corrected chi connectivity index (χ4v) is 7.11. The molecule has 0 amide bonds. The Morgan fingerprint density at radius 2 is 0.743 bits per heavy atom. The molecule has 35 heavy (non-hydrogen) atoms. The summed E-state index contributed by atoms with van der Waals surface area (Å²) in [4.78, 5) is 5.82. The van der Waals surface area contributed by atoms with Gasteiger partial charge in [0.1, 0.15) is 0 Å². The van der Waals surface area contributed by atoms with Gasteiger partial charge in [-0.2, -0.15) is 0 Å². The average molecular weight is 559 g/mol. The standard InChI is InChI=1S/C26H22O4S5/c1-33(27)23-11-3-19(4-12-23)31-21-7-15-25(16-8-21)35(29,30)26-17-9-22(10-18-26)32-20-5-13-24(14-6-20)34(2)28/h3-18H,1-2H3. The topological polar surface area (TPSA) is 68.3 Å². The van der Waals surface area contributed by atoms with Crippen molar-refractivity contribution in [1.29, 1.82) is 0 Å². The predicted molar refractivity (Wildman–Crippen MR) is 144 cm³/mol. The van der Waals surface area contributed by atoms with Crippen LogP contribution in [0.25, 0.3) is 0 Å². The minimum absolute atomic E-state index is 0.238. The Hall–Kier alpha value is -2.17. The summed E-state index contributed by atoms with van der Waals surface area (Å²) >= 11 is 3.03. The van der Waals surface area contributed by atoms with E-state index in [4.69, 9.17) is 0 Å². The molecule has 2 atom stereocenters. The molecule has 4 aromatic rings. The molecule has 4 nitrogen and oxygen atoms in total. The van der Waals surface area contributed by atoms with E-state index in [0.717, 1.165) is 29.4 Å². The Kier molecular flexibility index (Phi) is 8.34. The minimum Gasteiger partial charge on any atom is -0.255 e. The Morgan fingerprint density at radius 3 is 1.00 bits per heavy atom. The highest BCUT2D eigenvalue weighted by Crippen LogP contribution is 2.32. The van der Waals surface area contributed by atoms with Crippen molar-refractivity contribution >= 4 is 55.0 Å². The third kappa shape index (κ3) is 6.54. The lowest BCUT2D eigenvalue weighted by molar-refractivity contribution is 0.596. The zero-order valence-electron chi connectivity index (χ0n) is 18.9. The summed E-state index contributed by atoms with van der Waals surface area (Å²) < 4.78 is 49.3. The molecule has 0 heterocycles. The molecule has 9 heteroatoms. The molecule has 0 bridgehead atoms. The van der Waals surface area contributed by atoms with Gasteiger partial charge < -0.3 is 0 Å². The van der Waals surface area contributed by atoms with Gasteiger partial charge in [-0.25, -0.2) is 8.42 Å². The normalized spacial score (nSPS) is 13.3. The van der Waals surface area contributed by atoms with Crippen LogP contribution in [0.3, 0.4) is 0 Å². The quantitative estimate of drug-likeness (QED) is 0.253. The van der Waals surface area contributed by atoms with Gasteiger partial charge in [-0.1, -0.05) is 23.5 Å². The van der Waals surface area contributed by atoms with Crippen molar-refractivity contribution in [2.24, 2.45) is 0 Å². The van der Waals surface area contributed by atoms with Gasteiger partial charge in [0.15, 0.2) is 0 Å². The van der Waals surface area contributed by atoms with E-state index in [1.54, 1.807) is 61.0 Å². The lowest BCUT2D eigenvalue weighted by Gasteiger charge is -2.08. The molecular formula is C26H22O4S5. The summed E-state index contributed by atoms with van der Waals surface area (Å²) in [5.74, 6) is 0. The fourth-order valence-electron chi connectivity index (χ4n) is 3.18. The van der Waals surface area contributed by atoms with Crippen molar-refractivity contribution in [1.82, 2.24) is 0 Å². The van der Waals surface area contributed by atoms with Crippen LogP contribution < -0.4 is 0 Å². The van der Waals surface area contributed by atoms with Crippen LogP contribution in [0.1, 0.15) is 0 Å². The van der Waals surface area contributed by atoms with Crippen LogP contribution in [0.4, 0.5) is 0 Å². The first kappa shape index (κ1) is 25.9. The van der Waals surface area contributed by atoms with E-state index in [1.807, 2.05) is 48.5 Å². The highest BCUT2D eigenvalue weighted by Gasteiger charge is 2.17. The number of sulfone groups is 1. The summed E-state index contributed by atoms with van der Waals surface area (Å²) in [7, 11) is -5.67. The number of benzene rings is 4. The van der Waals surface area contributed by atoms with Crippen LogP contribution in [-0.2, 0) is 31.4 Å². The average Bonchev–Trinajstić information content (AvgIpc) is 2.85. The van der Waals surface area contributed by atoms with Crippen molar-refractivity contribution < 1.29 is 16.8 Å². The van der Waals surface area contributed by atoms with Gasteiger partial charge in [-0.05, 0) is 97.1 Å². The molecule has 0 aliphatic carbocycles. The van der Waals surface area contributed by atoms with Gasteiger partial charge in [0.25, 0.3) is 0 Å². The van der Waals surface area contributed by atoms with Crippen molar-refractivity contribution in [3.63, 3.8) is 0 Å². The predicted octanol–water partition coefficient (Wildman–Crippen LogP) is 6.30. The number of hydrogen-bond acceptors (Lipinski definition) is 6. The molecular weight excluding hydrogens is 537 g/mol. The molecule has 0 aliphatic heterocycles. The van der Waals surface area contributed by atoms with E-state index < -0.39 is 31.4 Å². The van der Waals surface area contributed by atoms with Crippen LogP contribution in [-0.4, -0.2) is 29.3 Å². The van der Waals surface area contributed by atoms with Crippen molar-refractivity contribution in [3.05, 3.63) is 97.1 Å². The second-order valence-electron chi connectivity index (χ2n) is 7.50. The maximum atomic E-state index is 13.1. The van der Waals surface area contributed by atoms with Gasteiger partial charge >= 0.3 is 0 Å². The Labute approximate surface area is 219 Å². The maximum Gasteiger partial charge on any atom is 0.206 e. The van der Waals surface area contributed by atoms with E-state index in [9.17, 15) is 16.8 Å². The molecule has 4 rings (SSSR count). The molecule has 0 N–H and O–H groups in total. The first-order valence-electron chi connectivity index (χ1n) is 10.4. The van der Waals surface area contributed by atoms with E-state index in [-0.39, 0.29) is 9.79 Å². The molecule has 180 valence electrons. The number of rotatable bonds is 8. The van der Waals surface area contributed by atoms with Crippen LogP contribution >= 0.6 is 23.5 Å². The zero-order chi connectivity index (χ0) is 25.0. The van der Waals surface area contributed by atoms with E-state index in [2.05, 4.69) is 0 Å². The Bertz CT molecular complexity index is 1350. The van der Waals surface area contributed by atoms with Crippen LogP contribution in [0.15, 0.2) is 136 Å². The van der Waals surface area contributed by atoms with Crippen LogP contribution in [0.2, 0.25) is 0 Å². The highest BCUT2D eigenvalue weighted by molar-refractivity contribution is 7.99. The van der Waals surface area contributed by atoms with E-state index in [0.29, 0.717) is 0 Å². The third-order valence-corrected chi connectivity index (χ3v) is 10.7. The van der Waals surface area contributed by atoms with Gasteiger partial charge in [-0.15, -0.1) is 0 Å². The molecule has 0 saturated heterocycles. The molecule has 0 radical (unpaired) electrons. The van der Waals surface area contributed by atoms with Crippen LogP contribution in [0.5, 0.6) is 0 Å². The van der Waals surface area contributed by atoms with Crippen molar-refractivity contribution in [2.45, 2.75) is 39.2 Å². The molecule has 0 aromatic heterocycles. The minimum atomic E-state index is -3.63. The summed E-state index contributed by atoms with van der Waals surface area (Å²) in [5, 5.41) is 0. The van der Waals surface area contributed by atoms with Crippen molar-refractivity contribution in [2.75, 3.05) is 12.5 Å². The van der Waals surface area contributed by atoms with Crippen LogP contribution in [0, 0.1) is 0 Å². The number of hydrogen-bond donors (Lipinski definition) is 0. The maximum absolute atomic E-state index is 13.1. The third-order valence-electron chi connectivity index (χ3n) is 5.05. The molecule has 4 aromatic carbocycles. The second kappa shape index (κ2) is 11.3.